The van der Waals surface area contributed by atoms with Crippen molar-refractivity contribution in [3.05, 3.63) is 59.4 Å². The molecule has 0 bridgehead atoms. The Hall–Kier alpha value is -3.10. The SMILES string of the molecule is Cc1cc(C)n(-c2ccc(NCc3ccc(OC(F)(F)F)cc3)nn2)n1. The summed E-state index contributed by atoms with van der Waals surface area (Å²) in [5, 5.41) is 15.6. The Kier molecular flexibility index (Phi) is 4.79. The molecular formula is C17H16F3N5O. The second kappa shape index (κ2) is 7.03. The average molecular weight is 363 g/mol. The molecule has 1 aromatic carbocycles. The molecule has 2 heterocycles. The van der Waals surface area contributed by atoms with E-state index < -0.39 is 6.36 Å². The minimum atomic E-state index is -4.69. The highest BCUT2D eigenvalue weighted by Crippen LogP contribution is 2.23. The summed E-state index contributed by atoms with van der Waals surface area (Å²) < 4.78 is 41.9. The van der Waals surface area contributed by atoms with E-state index in [-0.39, 0.29) is 5.75 Å². The number of anilines is 1. The van der Waals surface area contributed by atoms with Gasteiger partial charge in [0.1, 0.15) is 11.6 Å². The van der Waals surface area contributed by atoms with E-state index in [0.29, 0.717) is 18.2 Å². The Morgan fingerprint density at radius 2 is 1.77 bits per heavy atom. The Balaban J connectivity index is 1.60. The summed E-state index contributed by atoms with van der Waals surface area (Å²) in [6.07, 6.45) is -4.69. The first kappa shape index (κ1) is 17.7. The van der Waals surface area contributed by atoms with Crippen LogP contribution in [-0.2, 0) is 6.54 Å². The lowest BCUT2D eigenvalue weighted by Gasteiger charge is -2.10. The van der Waals surface area contributed by atoms with E-state index in [1.165, 1.54) is 12.1 Å². The zero-order valence-electron chi connectivity index (χ0n) is 14.1. The van der Waals surface area contributed by atoms with Gasteiger partial charge in [0.2, 0.25) is 0 Å². The van der Waals surface area contributed by atoms with Crippen molar-refractivity contribution in [2.75, 3.05) is 5.32 Å². The lowest BCUT2D eigenvalue weighted by atomic mass is 10.2. The van der Waals surface area contributed by atoms with Crippen LogP contribution in [0.2, 0.25) is 0 Å². The van der Waals surface area contributed by atoms with Crippen molar-refractivity contribution in [3.63, 3.8) is 0 Å². The maximum absolute atomic E-state index is 12.1. The largest absolute Gasteiger partial charge is 0.573 e. The van der Waals surface area contributed by atoms with Gasteiger partial charge in [-0.1, -0.05) is 12.1 Å². The van der Waals surface area contributed by atoms with Gasteiger partial charge >= 0.3 is 6.36 Å². The minimum Gasteiger partial charge on any atom is -0.406 e. The van der Waals surface area contributed by atoms with E-state index in [1.807, 2.05) is 19.9 Å². The van der Waals surface area contributed by atoms with Gasteiger partial charge in [0.05, 0.1) is 5.69 Å². The maximum atomic E-state index is 12.1. The van der Waals surface area contributed by atoms with Crippen LogP contribution in [0.4, 0.5) is 19.0 Å². The molecule has 3 rings (SSSR count). The second-order valence-electron chi connectivity index (χ2n) is 5.66. The molecule has 136 valence electrons. The molecule has 0 aliphatic rings. The molecule has 0 saturated heterocycles. The zero-order chi connectivity index (χ0) is 18.7. The molecule has 9 heteroatoms. The van der Waals surface area contributed by atoms with Crippen molar-refractivity contribution < 1.29 is 17.9 Å². The molecule has 0 amide bonds. The second-order valence-corrected chi connectivity index (χ2v) is 5.66. The summed E-state index contributed by atoms with van der Waals surface area (Å²) in [5.41, 5.74) is 2.63. The van der Waals surface area contributed by atoms with Crippen LogP contribution in [0.3, 0.4) is 0 Å². The molecule has 0 aliphatic carbocycles. The number of hydrogen-bond donors (Lipinski definition) is 1. The molecule has 1 N–H and O–H groups in total. The van der Waals surface area contributed by atoms with Crippen molar-refractivity contribution in [1.29, 1.82) is 0 Å². The summed E-state index contributed by atoms with van der Waals surface area (Å²) in [6.45, 7) is 4.22. The van der Waals surface area contributed by atoms with Gasteiger partial charge in [-0.3, -0.25) is 0 Å². The number of aromatic nitrogens is 4. The van der Waals surface area contributed by atoms with E-state index in [4.69, 9.17) is 0 Å². The summed E-state index contributed by atoms with van der Waals surface area (Å²) in [7, 11) is 0. The Bertz CT molecular complexity index is 873. The smallest absolute Gasteiger partial charge is 0.406 e. The fourth-order valence-corrected chi connectivity index (χ4v) is 2.39. The van der Waals surface area contributed by atoms with Crippen molar-refractivity contribution in [2.45, 2.75) is 26.8 Å². The first-order valence-corrected chi connectivity index (χ1v) is 7.76. The predicted molar refractivity (Wildman–Crippen MR) is 89.1 cm³/mol. The number of aryl methyl sites for hydroxylation is 2. The van der Waals surface area contributed by atoms with Gasteiger partial charge in [-0.25, -0.2) is 4.68 Å². The molecule has 0 aliphatic heterocycles. The standard InChI is InChI=1S/C17H16F3N5O/c1-11-9-12(2)25(24-11)16-8-7-15(22-23-16)21-10-13-3-5-14(6-4-13)26-17(18,19)20/h3-9H,10H2,1-2H3,(H,21,22). The Morgan fingerprint density at radius 3 is 2.31 bits per heavy atom. The van der Waals surface area contributed by atoms with Gasteiger partial charge in [0.25, 0.3) is 0 Å². The van der Waals surface area contributed by atoms with E-state index >= 15 is 0 Å². The van der Waals surface area contributed by atoms with Crippen LogP contribution >= 0.6 is 0 Å². The van der Waals surface area contributed by atoms with Crippen molar-refractivity contribution in [2.24, 2.45) is 0 Å². The van der Waals surface area contributed by atoms with Gasteiger partial charge in [0, 0.05) is 12.2 Å². The minimum absolute atomic E-state index is 0.254. The van der Waals surface area contributed by atoms with Crippen LogP contribution in [-0.4, -0.2) is 26.3 Å². The molecule has 0 unspecified atom stereocenters. The van der Waals surface area contributed by atoms with Crippen molar-refractivity contribution in [3.8, 4) is 11.6 Å². The van der Waals surface area contributed by atoms with Gasteiger partial charge in [0.15, 0.2) is 5.82 Å². The van der Waals surface area contributed by atoms with E-state index in [9.17, 15) is 13.2 Å². The van der Waals surface area contributed by atoms with E-state index in [0.717, 1.165) is 17.0 Å². The summed E-state index contributed by atoms with van der Waals surface area (Å²) in [4.78, 5) is 0. The highest BCUT2D eigenvalue weighted by Gasteiger charge is 2.30. The van der Waals surface area contributed by atoms with E-state index in [1.54, 1.807) is 28.9 Å². The molecule has 2 aromatic heterocycles. The number of halogens is 3. The van der Waals surface area contributed by atoms with Gasteiger partial charge < -0.3 is 10.1 Å². The van der Waals surface area contributed by atoms with Gasteiger partial charge in [-0.05, 0) is 49.7 Å². The monoisotopic (exact) mass is 363 g/mol. The van der Waals surface area contributed by atoms with Crippen LogP contribution in [0.15, 0.2) is 42.5 Å². The average Bonchev–Trinajstić information content (AvgIpc) is 2.92. The van der Waals surface area contributed by atoms with Crippen LogP contribution in [0, 0.1) is 13.8 Å². The number of rotatable bonds is 5. The lowest BCUT2D eigenvalue weighted by Crippen LogP contribution is -2.17. The number of nitrogens with zero attached hydrogens (tertiary/aromatic N) is 4. The number of benzene rings is 1. The third kappa shape index (κ3) is 4.50. The Labute approximate surface area is 147 Å². The molecule has 3 aromatic rings. The quantitative estimate of drug-likeness (QED) is 0.747. The molecule has 26 heavy (non-hydrogen) atoms. The molecule has 0 spiro atoms. The summed E-state index contributed by atoms with van der Waals surface area (Å²) >= 11 is 0. The number of nitrogens with one attached hydrogen (secondary N) is 1. The summed E-state index contributed by atoms with van der Waals surface area (Å²) in [5.74, 6) is 0.899. The molecule has 0 saturated carbocycles. The van der Waals surface area contributed by atoms with Gasteiger partial charge in [-0.15, -0.1) is 23.4 Å². The van der Waals surface area contributed by atoms with Crippen LogP contribution in [0.1, 0.15) is 17.0 Å². The lowest BCUT2D eigenvalue weighted by molar-refractivity contribution is -0.274. The highest BCUT2D eigenvalue weighted by molar-refractivity contribution is 5.38. The van der Waals surface area contributed by atoms with Crippen LogP contribution in [0.5, 0.6) is 5.75 Å². The third-order valence-electron chi connectivity index (χ3n) is 3.51. The molecule has 6 nitrogen and oxygen atoms in total. The number of hydrogen-bond acceptors (Lipinski definition) is 5. The first-order valence-electron chi connectivity index (χ1n) is 7.76. The highest BCUT2D eigenvalue weighted by atomic mass is 19.4. The third-order valence-corrected chi connectivity index (χ3v) is 3.51. The van der Waals surface area contributed by atoms with E-state index in [2.05, 4.69) is 25.3 Å². The maximum Gasteiger partial charge on any atom is 0.573 e. The van der Waals surface area contributed by atoms with Gasteiger partial charge in [-0.2, -0.15) is 5.10 Å². The van der Waals surface area contributed by atoms with Crippen molar-refractivity contribution >= 4 is 5.82 Å². The molecular weight excluding hydrogens is 347 g/mol. The number of ether oxygens (including phenoxy) is 1. The Morgan fingerprint density at radius 1 is 1.04 bits per heavy atom. The first-order chi connectivity index (χ1) is 12.3. The normalized spacial score (nSPS) is 11.4. The topological polar surface area (TPSA) is 64.9 Å². The predicted octanol–water partition coefficient (Wildman–Crippen LogP) is 3.79. The number of alkyl halides is 3. The summed E-state index contributed by atoms with van der Waals surface area (Å²) in [6, 6.07) is 11.1. The van der Waals surface area contributed by atoms with Crippen LogP contribution < -0.4 is 10.1 Å². The molecule has 0 atom stereocenters. The fraction of sp³-hybridized carbons (Fsp3) is 0.235. The molecule has 0 fully saturated rings. The van der Waals surface area contributed by atoms with Crippen molar-refractivity contribution in [1.82, 2.24) is 20.0 Å². The molecule has 0 radical (unpaired) electrons. The fourth-order valence-electron chi connectivity index (χ4n) is 2.39. The zero-order valence-corrected chi connectivity index (χ0v) is 14.1. The van der Waals surface area contributed by atoms with Crippen LogP contribution in [0.25, 0.3) is 5.82 Å².